The van der Waals surface area contributed by atoms with Crippen LogP contribution in [-0.2, 0) is 6.54 Å². The van der Waals surface area contributed by atoms with Crippen molar-refractivity contribution in [2.45, 2.75) is 19.5 Å². The highest BCUT2D eigenvalue weighted by atomic mass is 16.4. The Morgan fingerprint density at radius 2 is 2.21 bits per heavy atom. The highest BCUT2D eigenvalue weighted by Crippen LogP contribution is 2.20. The van der Waals surface area contributed by atoms with Crippen LogP contribution in [0.3, 0.4) is 0 Å². The van der Waals surface area contributed by atoms with Crippen LogP contribution in [0.25, 0.3) is 11.3 Å². The fourth-order valence-corrected chi connectivity index (χ4v) is 2.47. The van der Waals surface area contributed by atoms with Crippen LogP contribution in [0.2, 0.25) is 0 Å². The minimum atomic E-state index is 0.539. The number of aromatic nitrogens is 1. The Bertz CT molecular complexity index is 523. The highest BCUT2D eigenvalue weighted by molar-refractivity contribution is 5.55. The summed E-state index contributed by atoms with van der Waals surface area (Å²) in [5.41, 5.74) is 1.08. The molecule has 0 radical (unpaired) electrons. The monoisotopic (exact) mass is 257 g/mol. The van der Waals surface area contributed by atoms with Crippen molar-refractivity contribution in [2.24, 2.45) is 0 Å². The lowest BCUT2D eigenvalue weighted by Gasteiger charge is -2.30. The van der Waals surface area contributed by atoms with Gasteiger partial charge in [-0.05, 0) is 6.92 Å². The molecule has 4 heteroatoms. The van der Waals surface area contributed by atoms with Gasteiger partial charge in [0, 0.05) is 31.2 Å². The SMILES string of the molecule is C[C@H]1CN(Cc2ncc(-c3ccccc3)o2)CCN1. The minimum absolute atomic E-state index is 0.539. The number of hydrogen-bond acceptors (Lipinski definition) is 4. The van der Waals surface area contributed by atoms with Crippen molar-refractivity contribution in [1.82, 2.24) is 15.2 Å². The van der Waals surface area contributed by atoms with Gasteiger partial charge in [0.15, 0.2) is 5.76 Å². The molecule has 1 aromatic carbocycles. The fraction of sp³-hybridized carbons (Fsp3) is 0.400. The maximum atomic E-state index is 5.83. The molecule has 0 bridgehead atoms. The van der Waals surface area contributed by atoms with E-state index in [1.807, 2.05) is 36.5 Å². The second kappa shape index (κ2) is 5.55. The summed E-state index contributed by atoms with van der Waals surface area (Å²) in [6.07, 6.45) is 1.82. The van der Waals surface area contributed by atoms with Gasteiger partial charge >= 0.3 is 0 Å². The second-order valence-electron chi connectivity index (χ2n) is 5.07. The lowest BCUT2D eigenvalue weighted by Crippen LogP contribution is -2.48. The van der Waals surface area contributed by atoms with E-state index in [2.05, 4.69) is 22.1 Å². The molecule has 1 fully saturated rings. The molecule has 2 aromatic rings. The first-order valence-corrected chi connectivity index (χ1v) is 6.77. The van der Waals surface area contributed by atoms with Crippen LogP contribution in [0.1, 0.15) is 12.8 Å². The first kappa shape index (κ1) is 12.4. The van der Waals surface area contributed by atoms with Gasteiger partial charge in [-0.25, -0.2) is 4.98 Å². The summed E-state index contributed by atoms with van der Waals surface area (Å²) in [6.45, 7) is 6.12. The van der Waals surface area contributed by atoms with Gasteiger partial charge in [-0.15, -0.1) is 0 Å². The van der Waals surface area contributed by atoms with Crippen LogP contribution in [0.15, 0.2) is 40.9 Å². The Hall–Kier alpha value is -1.65. The largest absolute Gasteiger partial charge is 0.439 e. The topological polar surface area (TPSA) is 41.3 Å². The van der Waals surface area contributed by atoms with Crippen molar-refractivity contribution in [1.29, 1.82) is 0 Å². The maximum Gasteiger partial charge on any atom is 0.209 e. The number of piperazine rings is 1. The molecule has 19 heavy (non-hydrogen) atoms. The van der Waals surface area contributed by atoms with Crippen LogP contribution in [0, 0.1) is 0 Å². The molecule has 1 aliphatic rings. The van der Waals surface area contributed by atoms with Crippen molar-refractivity contribution >= 4 is 0 Å². The highest BCUT2D eigenvalue weighted by Gasteiger charge is 2.17. The Morgan fingerprint density at radius 3 is 3.00 bits per heavy atom. The molecule has 1 aliphatic heterocycles. The van der Waals surface area contributed by atoms with Gasteiger partial charge in [0.05, 0.1) is 12.7 Å². The van der Waals surface area contributed by atoms with Crippen molar-refractivity contribution in [3.05, 3.63) is 42.4 Å². The summed E-state index contributed by atoms with van der Waals surface area (Å²) in [5.74, 6) is 1.65. The van der Waals surface area contributed by atoms with Crippen LogP contribution in [0.5, 0.6) is 0 Å². The summed E-state index contributed by atoms with van der Waals surface area (Å²) >= 11 is 0. The molecule has 0 saturated carbocycles. The first-order valence-electron chi connectivity index (χ1n) is 6.77. The molecule has 1 saturated heterocycles. The maximum absolute atomic E-state index is 5.83. The van der Waals surface area contributed by atoms with E-state index in [0.29, 0.717) is 6.04 Å². The Labute approximate surface area is 113 Å². The molecule has 1 atom stereocenters. The average molecular weight is 257 g/mol. The molecule has 3 rings (SSSR count). The van der Waals surface area contributed by atoms with Crippen molar-refractivity contribution in [3.63, 3.8) is 0 Å². The summed E-state index contributed by atoms with van der Waals surface area (Å²) in [7, 11) is 0. The normalized spacial score (nSPS) is 20.6. The predicted octanol–water partition coefficient (Wildman–Crippen LogP) is 2.14. The zero-order chi connectivity index (χ0) is 13.1. The van der Waals surface area contributed by atoms with Gasteiger partial charge < -0.3 is 9.73 Å². The van der Waals surface area contributed by atoms with E-state index in [4.69, 9.17) is 4.42 Å². The number of rotatable bonds is 3. The van der Waals surface area contributed by atoms with Gasteiger partial charge in [-0.2, -0.15) is 0 Å². The minimum Gasteiger partial charge on any atom is -0.439 e. The van der Waals surface area contributed by atoms with E-state index in [9.17, 15) is 0 Å². The van der Waals surface area contributed by atoms with Crippen molar-refractivity contribution in [3.8, 4) is 11.3 Å². The van der Waals surface area contributed by atoms with Crippen LogP contribution < -0.4 is 5.32 Å². The van der Waals surface area contributed by atoms with E-state index < -0.39 is 0 Å². The molecule has 0 amide bonds. The van der Waals surface area contributed by atoms with Gasteiger partial charge in [-0.3, -0.25) is 4.90 Å². The molecule has 1 aromatic heterocycles. The molecular formula is C15H19N3O. The molecule has 100 valence electrons. The van der Waals surface area contributed by atoms with Gasteiger partial charge in [0.25, 0.3) is 0 Å². The molecule has 2 heterocycles. The van der Waals surface area contributed by atoms with Gasteiger partial charge in [0.2, 0.25) is 5.89 Å². The molecule has 0 spiro atoms. The molecule has 0 aliphatic carbocycles. The summed E-state index contributed by atoms with van der Waals surface area (Å²) < 4.78 is 5.83. The second-order valence-corrected chi connectivity index (χ2v) is 5.07. The fourth-order valence-electron chi connectivity index (χ4n) is 2.47. The Morgan fingerprint density at radius 1 is 1.37 bits per heavy atom. The lowest BCUT2D eigenvalue weighted by molar-refractivity contribution is 0.184. The van der Waals surface area contributed by atoms with E-state index in [-0.39, 0.29) is 0 Å². The van der Waals surface area contributed by atoms with E-state index in [0.717, 1.165) is 43.4 Å². The number of benzene rings is 1. The zero-order valence-corrected chi connectivity index (χ0v) is 11.2. The summed E-state index contributed by atoms with van der Waals surface area (Å²) in [6, 6.07) is 10.6. The number of oxazole rings is 1. The van der Waals surface area contributed by atoms with E-state index >= 15 is 0 Å². The van der Waals surface area contributed by atoms with Gasteiger partial charge in [0.1, 0.15) is 0 Å². The number of nitrogens with zero attached hydrogens (tertiary/aromatic N) is 2. The smallest absolute Gasteiger partial charge is 0.209 e. The third kappa shape index (κ3) is 3.03. The van der Waals surface area contributed by atoms with Gasteiger partial charge in [-0.1, -0.05) is 30.3 Å². The molecule has 1 N–H and O–H groups in total. The Balaban J connectivity index is 1.68. The standard InChI is InChI=1S/C15H19N3O/c1-12-10-18(8-7-16-12)11-15-17-9-14(19-15)13-5-3-2-4-6-13/h2-6,9,12,16H,7-8,10-11H2,1H3/t12-/m0/s1. The molecular weight excluding hydrogens is 238 g/mol. The van der Waals surface area contributed by atoms with Crippen molar-refractivity contribution < 1.29 is 4.42 Å². The summed E-state index contributed by atoms with van der Waals surface area (Å²) in [4.78, 5) is 6.76. The third-order valence-corrected chi connectivity index (χ3v) is 3.42. The van der Waals surface area contributed by atoms with Crippen LogP contribution in [-0.4, -0.2) is 35.6 Å². The van der Waals surface area contributed by atoms with E-state index in [1.165, 1.54) is 0 Å². The lowest BCUT2D eigenvalue weighted by atomic mass is 10.2. The number of hydrogen-bond donors (Lipinski definition) is 1. The number of nitrogens with one attached hydrogen (secondary N) is 1. The van der Waals surface area contributed by atoms with Crippen LogP contribution in [0.4, 0.5) is 0 Å². The third-order valence-electron chi connectivity index (χ3n) is 3.42. The molecule has 0 unspecified atom stereocenters. The average Bonchev–Trinajstić information content (AvgIpc) is 2.88. The quantitative estimate of drug-likeness (QED) is 0.914. The van der Waals surface area contributed by atoms with E-state index in [1.54, 1.807) is 0 Å². The summed E-state index contributed by atoms with van der Waals surface area (Å²) in [5, 5.41) is 3.44. The van der Waals surface area contributed by atoms with Crippen LogP contribution >= 0.6 is 0 Å². The zero-order valence-electron chi connectivity index (χ0n) is 11.2. The Kier molecular flexibility index (Phi) is 3.62. The predicted molar refractivity (Wildman–Crippen MR) is 74.7 cm³/mol. The van der Waals surface area contributed by atoms with Crippen molar-refractivity contribution in [2.75, 3.05) is 19.6 Å². The molecule has 4 nitrogen and oxygen atoms in total. The first-order chi connectivity index (χ1) is 9.31.